The quantitative estimate of drug-likeness (QED) is 0.627. The summed E-state index contributed by atoms with van der Waals surface area (Å²) in [7, 11) is 0. The average Bonchev–Trinajstić information content (AvgIpc) is 2.16. The number of nitrogens with zero attached hydrogens (tertiary/aromatic N) is 1. The van der Waals surface area contributed by atoms with Gasteiger partial charge in [-0.25, -0.2) is 13.8 Å². The van der Waals surface area contributed by atoms with Gasteiger partial charge < -0.3 is 5.73 Å². The lowest BCUT2D eigenvalue weighted by Gasteiger charge is -2.09. The molecule has 0 unspecified atom stereocenters. The molecule has 0 aliphatic heterocycles. The molecule has 0 aliphatic carbocycles. The molecule has 0 spiro atoms. The summed E-state index contributed by atoms with van der Waals surface area (Å²) in [4.78, 5) is 14.1. The third kappa shape index (κ3) is 1.82. The fourth-order valence-electron chi connectivity index (χ4n) is 1.07. The number of hydrogen-bond donors (Lipinski definition) is 1. The van der Waals surface area contributed by atoms with Crippen molar-refractivity contribution in [1.82, 2.24) is 4.98 Å². The van der Waals surface area contributed by atoms with Gasteiger partial charge in [0.15, 0.2) is 6.29 Å². The average molecular weight is 221 g/mol. The lowest BCUT2D eigenvalue weighted by Crippen LogP contribution is -2.05. The second-order valence-corrected chi connectivity index (χ2v) is 2.82. The molecule has 1 rings (SSSR count). The molecule has 1 heterocycles. The number of nitrogens with two attached hydrogens (primary N) is 1. The molecule has 1 aromatic heterocycles. The molecule has 3 nitrogen and oxygen atoms in total. The van der Waals surface area contributed by atoms with E-state index < -0.39 is 12.0 Å². The van der Waals surface area contributed by atoms with Crippen LogP contribution in [0.4, 0.5) is 14.6 Å². The van der Waals surface area contributed by atoms with Crippen molar-refractivity contribution in [1.29, 1.82) is 0 Å². The topological polar surface area (TPSA) is 56.0 Å². The van der Waals surface area contributed by atoms with Gasteiger partial charge in [-0.3, -0.25) is 4.79 Å². The van der Waals surface area contributed by atoms with E-state index in [4.69, 9.17) is 17.3 Å². The summed E-state index contributed by atoms with van der Waals surface area (Å²) < 4.78 is 24.9. The van der Waals surface area contributed by atoms with Crippen molar-refractivity contribution in [2.24, 2.45) is 0 Å². The molecule has 0 saturated carbocycles. The van der Waals surface area contributed by atoms with E-state index >= 15 is 0 Å². The predicted molar refractivity (Wildman–Crippen MR) is 48.6 cm³/mol. The number of hydrogen-bond acceptors (Lipinski definition) is 3. The molecule has 0 bridgehead atoms. The van der Waals surface area contributed by atoms with Crippen LogP contribution in [-0.2, 0) is 5.88 Å². The highest BCUT2D eigenvalue weighted by molar-refractivity contribution is 6.17. The number of nitrogen functional groups attached to an aromatic ring is 1. The Morgan fingerprint density at radius 3 is 2.71 bits per heavy atom. The standard InChI is InChI=1S/C8H7ClF2N2O/c9-1-4-2-13-8(12)6(7(10)11)5(4)3-14/h2-3,7H,1H2,(H2,12,13). The zero-order valence-electron chi connectivity index (χ0n) is 7.01. The van der Waals surface area contributed by atoms with Crippen LogP contribution in [0.3, 0.4) is 0 Å². The Kier molecular flexibility index (Phi) is 3.35. The molecule has 1 aromatic rings. The molecule has 14 heavy (non-hydrogen) atoms. The zero-order chi connectivity index (χ0) is 10.7. The molecule has 0 saturated heterocycles. The van der Waals surface area contributed by atoms with E-state index in [1.54, 1.807) is 0 Å². The van der Waals surface area contributed by atoms with Crippen LogP contribution in [0.2, 0.25) is 0 Å². The third-order valence-electron chi connectivity index (χ3n) is 1.75. The molecular formula is C8H7ClF2N2O. The summed E-state index contributed by atoms with van der Waals surface area (Å²) in [5.41, 5.74) is 4.78. The molecule has 0 atom stereocenters. The van der Waals surface area contributed by atoms with E-state index in [2.05, 4.69) is 4.98 Å². The van der Waals surface area contributed by atoms with Gasteiger partial charge in [-0.2, -0.15) is 0 Å². The van der Waals surface area contributed by atoms with Gasteiger partial charge in [-0.05, 0) is 5.56 Å². The van der Waals surface area contributed by atoms with E-state index in [9.17, 15) is 13.6 Å². The number of alkyl halides is 3. The number of carbonyl (C=O) groups is 1. The first-order chi connectivity index (χ1) is 6.61. The monoisotopic (exact) mass is 220 g/mol. The van der Waals surface area contributed by atoms with Crippen LogP contribution in [0.15, 0.2) is 6.20 Å². The van der Waals surface area contributed by atoms with Crippen molar-refractivity contribution < 1.29 is 13.6 Å². The lowest BCUT2D eigenvalue weighted by atomic mass is 10.1. The maximum atomic E-state index is 12.5. The molecule has 0 amide bonds. The molecule has 0 aliphatic rings. The second kappa shape index (κ2) is 4.32. The molecule has 6 heteroatoms. The first-order valence-corrected chi connectivity index (χ1v) is 4.21. The first-order valence-electron chi connectivity index (χ1n) is 3.68. The van der Waals surface area contributed by atoms with Gasteiger partial charge in [0, 0.05) is 17.6 Å². The minimum absolute atomic E-state index is 0.0545. The third-order valence-corrected chi connectivity index (χ3v) is 2.04. The van der Waals surface area contributed by atoms with Crippen molar-refractivity contribution >= 4 is 23.7 Å². The minimum atomic E-state index is -2.83. The van der Waals surface area contributed by atoms with Crippen molar-refractivity contribution in [3.8, 4) is 0 Å². The van der Waals surface area contributed by atoms with Gasteiger partial charge in [-0.1, -0.05) is 0 Å². The van der Waals surface area contributed by atoms with E-state index in [0.29, 0.717) is 6.29 Å². The Morgan fingerprint density at radius 2 is 2.29 bits per heavy atom. The summed E-state index contributed by atoms with van der Waals surface area (Å²) in [6, 6.07) is 0. The van der Waals surface area contributed by atoms with Gasteiger partial charge in [0.2, 0.25) is 0 Å². The number of halogens is 3. The number of carbonyl (C=O) groups excluding carboxylic acids is 1. The summed E-state index contributed by atoms with van der Waals surface area (Å²) in [5, 5.41) is 0. The summed E-state index contributed by atoms with van der Waals surface area (Å²) in [6.45, 7) is 0. The highest BCUT2D eigenvalue weighted by Gasteiger charge is 2.19. The van der Waals surface area contributed by atoms with E-state index in [1.807, 2.05) is 0 Å². The zero-order valence-corrected chi connectivity index (χ0v) is 7.76. The van der Waals surface area contributed by atoms with Crippen LogP contribution in [0.25, 0.3) is 0 Å². The predicted octanol–water partition coefficient (Wildman–Crippen LogP) is 2.15. The Bertz CT molecular complexity index is 357. The molecule has 0 fully saturated rings. The fraction of sp³-hybridized carbons (Fsp3) is 0.250. The number of rotatable bonds is 3. The number of pyridine rings is 1. The van der Waals surface area contributed by atoms with Crippen molar-refractivity contribution in [2.45, 2.75) is 12.3 Å². The molecule has 0 radical (unpaired) electrons. The highest BCUT2D eigenvalue weighted by Crippen LogP contribution is 2.28. The van der Waals surface area contributed by atoms with E-state index in [-0.39, 0.29) is 22.8 Å². The van der Waals surface area contributed by atoms with Crippen molar-refractivity contribution in [3.63, 3.8) is 0 Å². The fourth-order valence-corrected chi connectivity index (χ4v) is 1.29. The lowest BCUT2D eigenvalue weighted by molar-refractivity contribution is 0.110. The highest BCUT2D eigenvalue weighted by atomic mass is 35.5. The Hall–Kier alpha value is -1.23. The van der Waals surface area contributed by atoms with Crippen LogP contribution >= 0.6 is 11.6 Å². The maximum Gasteiger partial charge on any atom is 0.268 e. The van der Waals surface area contributed by atoms with Crippen LogP contribution in [0.5, 0.6) is 0 Å². The molecule has 76 valence electrons. The Balaban J connectivity index is 3.42. The minimum Gasteiger partial charge on any atom is -0.383 e. The molecular weight excluding hydrogens is 214 g/mol. The smallest absolute Gasteiger partial charge is 0.268 e. The van der Waals surface area contributed by atoms with E-state index in [1.165, 1.54) is 6.20 Å². The maximum absolute atomic E-state index is 12.5. The van der Waals surface area contributed by atoms with Gasteiger partial charge in [0.25, 0.3) is 6.43 Å². The van der Waals surface area contributed by atoms with E-state index in [0.717, 1.165) is 0 Å². The van der Waals surface area contributed by atoms with Gasteiger partial charge >= 0.3 is 0 Å². The Labute approximate surface area is 83.9 Å². The van der Waals surface area contributed by atoms with Crippen LogP contribution in [0, 0.1) is 0 Å². The molecule has 0 aromatic carbocycles. The van der Waals surface area contributed by atoms with Crippen LogP contribution in [-0.4, -0.2) is 11.3 Å². The normalized spacial score (nSPS) is 10.6. The molecule has 2 N–H and O–H groups in total. The number of aromatic nitrogens is 1. The van der Waals surface area contributed by atoms with Crippen LogP contribution < -0.4 is 5.73 Å². The summed E-state index contributed by atoms with van der Waals surface area (Å²) in [6.07, 6.45) is -1.29. The first kappa shape index (κ1) is 10.8. The second-order valence-electron chi connectivity index (χ2n) is 2.55. The van der Waals surface area contributed by atoms with Gasteiger partial charge in [0.1, 0.15) is 5.82 Å². The SMILES string of the molecule is Nc1ncc(CCl)c(C=O)c1C(F)F. The van der Waals surface area contributed by atoms with Crippen LogP contribution in [0.1, 0.15) is 27.9 Å². The summed E-state index contributed by atoms with van der Waals surface area (Å²) >= 11 is 5.46. The van der Waals surface area contributed by atoms with Gasteiger partial charge in [-0.15, -0.1) is 11.6 Å². The number of aldehydes is 1. The largest absolute Gasteiger partial charge is 0.383 e. The van der Waals surface area contributed by atoms with Crippen molar-refractivity contribution in [2.75, 3.05) is 5.73 Å². The summed E-state index contributed by atoms with van der Waals surface area (Å²) in [5.74, 6) is -0.392. The van der Waals surface area contributed by atoms with Crippen molar-refractivity contribution in [3.05, 3.63) is 22.9 Å². The Morgan fingerprint density at radius 1 is 1.64 bits per heavy atom. The van der Waals surface area contributed by atoms with Gasteiger partial charge in [0.05, 0.1) is 5.56 Å². The number of anilines is 1.